The van der Waals surface area contributed by atoms with Crippen molar-refractivity contribution < 1.29 is 4.79 Å². The van der Waals surface area contributed by atoms with E-state index in [1.54, 1.807) is 10.9 Å². The van der Waals surface area contributed by atoms with Crippen molar-refractivity contribution in [2.45, 2.75) is 58.7 Å². The maximum Gasteiger partial charge on any atom is 0.273 e. The SMILES string of the molecule is Cc1n[nH]c(C)c1CNC(=O)c1cn(CCC2CCCCN2)nn1. The van der Waals surface area contributed by atoms with Crippen LogP contribution in [0.5, 0.6) is 0 Å². The van der Waals surface area contributed by atoms with Gasteiger partial charge >= 0.3 is 0 Å². The van der Waals surface area contributed by atoms with Gasteiger partial charge in [0.25, 0.3) is 5.91 Å². The molecule has 0 aromatic carbocycles. The highest BCUT2D eigenvalue weighted by Crippen LogP contribution is 2.11. The Morgan fingerprint density at radius 3 is 3.00 bits per heavy atom. The summed E-state index contributed by atoms with van der Waals surface area (Å²) in [6, 6.07) is 0.548. The summed E-state index contributed by atoms with van der Waals surface area (Å²) in [5.41, 5.74) is 3.23. The van der Waals surface area contributed by atoms with Crippen LogP contribution in [0, 0.1) is 13.8 Å². The first-order valence-electron chi connectivity index (χ1n) is 8.55. The van der Waals surface area contributed by atoms with Gasteiger partial charge in [-0.25, -0.2) is 0 Å². The molecule has 2 aromatic heterocycles. The van der Waals surface area contributed by atoms with E-state index in [1.807, 2.05) is 13.8 Å². The van der Waals surface area contributed by atoms with Crippen molar-refractivity contribution >= 4 is 5.91 Å². The largest absolute Gasteiger partial charge is 0.346 e. The number of aromatic nitrogens is 5. The molecule has 1 fully saturated rings. The molecule has 0 bridgehead atoms. The number of rotatable bonds is 6. The van der Waals surface area contributed by atoms with Crippen LogP contribution in [0.2, 0.25) is 0 Å². The maximum atomic E-state index is 12.2. The summed E-state index contributed by atoms with van der Waals surface area (Å²) in [7, 11) is 0. The van der Waals surface area contributed by atoms with E-state index in [0.29, 0.717) is 18.3 Å². The average molecular weight is 331 g/mol. The molecule has 0 radical (unpaired) electrons. The second-order valence-electron chi connectivity index (χ2n) is 6.40. The van der Waals surface area contributed by atoms with E-state index in [2.05, 4.69) is 31.1 Å². The fraction of sp³-hybridized carbons (Fsp3) is 0.625. The fourth-order valence-corrected chi connectivity index (χ4v) is 3.06. The first-order chi connectivity index (χ1) is 11.6. The summed E-state index contributed by atoms with van der Waals surface area (Å²) in [5, 5.41) is 21.5. The Balaban J connectivity index is 1.50. The molecule has 8 heteroatoms. The lowest BCUT2D eigenvalue weighted by molar-refractivity contribution is 0.0945. The Hall–Kier alpha value is -2.22. The molecule has 3 heterocycles. The first kappa shape index (κ1) is 16.6. The quantitative estimate of drug-likeness (QED) is 0.735. The van der Waals surface area contributed by atoms with Crippen molar-refractivity contribution in [1.29, 1.82) is 0 Å². The molecule has 1 aliphatic heterocycles. The lowest BCUT2D eigenvalue weighted by atomic mass is 10.0. The maximum absolute atomic E-state index is 12.2. The number of aryl methyl sites for hydroxylation is 3. The molecule has 3 rings (SSSR count). The zero-order valence-corrected chi connectivity index (χ0v) is 14.3. The van der Waals surface area contributed by atoms with Gasteiger partial charge in [0, 0.05) is 30.4 Å². The van der Waals surface area contributed by atoms with Gasteiger partial charge in [-0.15, -0.1) is 5.10 Å². The number of nitrogens with one attached hydrogen (secondary N) is 3. The molecular formula is C16H25N7O. The van der Waals surface area contributed by atoms with E-state index < -0.39 is 0 Å². The third-order valence-corrected chi connectivity index (χ3v) is 4.60. The topological polar surface area (TPSA) is 101 Å². The number of hydrogen-bond donors (Lipinski definition) is 3. The Bertz CT molecular complexity index is 665. The van der Waals surface area contributed by atoms with Crippen molar-refractivity contribution in [3.05, 3.63) is 28.8 Å². The van der Waals surface area contributed by atoms with E-state index in [4.69, 9.17) is 0 Å². The molecular weight excluding hydrogens is 306 g/mol. The van der Waals surface area contributed by atoms with Crippen LogP contribution in [0.4, 0.5) is 0 Å². The highest BCUT2D eigenvalue weighted by Gasteiger charge is 2.15. The van der Waals surface area contributed by atoms with Gasteiger partial charge in [0.05, 0.1) is 11.9 Å². The molecule has 1 unspecified atom stereocenters. The van der Waals surface area contributed by atoms with Gasteiger partial charge in [-0.3, -0.25) is 14.6 Å². The van der Waals surface area contributed by atoms with Crippen LogP contribution < -0.4 is 10.6 Å². The van der Waals surface area contributed by atoms with Gasteiger partial charge in [0.15, 0.2) is 5.69 Å². The first-order valence-corrected chi connectivity index (χ1v) is 8.55. The van der Waals surface area contributed by atoms with Gasteiger partial charge in [0.1, 0.15) is 0 Å². The summed E-state index contributed by atoms with van der Waals surface area (Å²) in [5.74, 6) is -0.211. The predicted octanol–water partition coefficient (Wildman–Crippen LogP) is 1.08. The predicted molar refractivity (Wildman–Crippen MR) is 89.5 cm³/mol. The van der Waals surface area contributed by atoms with Crippen LogP contribution in [0.25, 0.3) is 0 Å². The minimum Gasteiger partial charge on any atom is -0.346 e. The van der Waals surface area contributed by atoms with Crippen molar-refractivity contribution in [2.24, 2.45) is 0 Å². The standard InChI is InChI=1S/C16H25N7O/c1-11-14(12(2)20-19-11)9-18-16(24)15-10-23(22-21-15)8-6-13-5-3-4-7-17-13/h10,13,17H,3-9H2,1-2H3,(H,18,24)(H,19,20). The third kappa shape index (κ3) is 4.00. The third-order valence-electron chi connectivity index (χ3n) is 4.60. The molecule has 1 aliphatic rings. The van der Waals surface area contributed by atoms with E-state index in [-0.39, 0.29) is 5.91 Å². The summed E-state index contributed by atoms with van der Waals surface area (Å²) >= 11 is 0. The number of nitrogens with zero attached hydrogens (tertiary/aromatic N) is 4. The van der Waals surface area contributed by atoms with E-state index >= 15 is 0 Å². The monoisotopic (exact) mass is 331 g/mol. The second-order valence-corrected chi connectivity index (χ2v) is 6.40. The van der Waals surface area contributed by atoms with Gasteiger partial charge in [-0.2, -0.15) is 5.10 Å². The number of aromatic amines is 1. The number of carbonyl (C=O) groups is 1. The van der Waals surface area contributed by atoms with Crippen LogP contribution >= 0.6 is 0 Å². The van der Waals surface area contributed by atoms with Crippen molar-refractivity contribution in [3.63, 3.8) is 0 Å². The summed E-state index contributed by atoms with van der Waals surface area (Å²) in [6.45, 7) is 6.17. The lowest BCUT2D eigenvalue weighted by Crippen LogP contribution is -2.34. The average Bonchev–Trinajstić information content (AvgIpc) is 3.19. The fourth-order valence-electron chi connectivity index (χ4n) is 3.06. The van der Waals surface area contributed by atoms with E-state index in [9.17, 15) is 4.79 Å². The normalized spacial score (nSPS) is 17.8. The van der Waals surface area contributed by atoms with Crippen LogP contribution in [0.15, 0.2) is 6.20 Å². The number of piperidine rings is 1. The minimum atomic E-state index is -0.211. The van der Waals surface area contributed by atoms with E-state index in [1.165, 1.54) is 19.3 Å². The summed E-state index contributed by atoms with van der Waals surface area (Å²) < 4.78 is 1.75. The van der Waals surface area contributed by atoms with Crippen molar-refractivity contribution in [1.82, 2.24) is 35.8 Å². The number of carbonyl (C=O) groups excluding carboxylic acids is 1. The van der Waals surface area contributed by atoms with Crippen LogP contribution in [-0.2, 0) is 13.1 Å². The Morgan fingerprint density at radius 2 is 2.29 bits per heavy atom. The van der Waals surface area contributed by atoms with Crippen LogP contribution in [0.1, 0.15) is 53.1 Å². The second kappa shape index (κ2) is 7.57. The van der Waals surface area contributed by atoms with E-state index in [0.717, 1.165) is 36.5 Å². The van der Waals surface area contributed by atoms with Gasteiger partial charge < -0.3 is 10.6 Å². The van der Waals surface area contributed by atoms with Crippen LogP contribution in [0.3, 0.4) is 0 Å². The molecule has 3 N–H and O–H groups in total. The molecule has 1 atom stereocenters. The zero-order chi connectivity index (χ0) is 16.9. The van der Waals surface area contributed by atoms with Gasteiger partial charge in [0.2, 0.25) is 0 Å². The molecule has 1 amide bonds. The molecule has 24 heavy (non-hydrogen) atoms. The lowest BCUT2D eigenvalue weighted by Gasteiger charge is -2.23. The molecule has 0 spiro atoms. The highest BCUT2D eigenvalue weighted by atomic mass is 16.2. The summed E-state index contributed by atoms with van der Waals surface area (Å²) in [4.78, 5) is 12.2. The minimum absolute atomic E-state index is 0.211. The smallest absolute Gasteiger partial charge is 0.273 e. The Kier molecular flexibility index (Phi) is 5.24. The van der Waals surface area contributed by atoms with Crippen molar-refractivity contribution in [3.8, 4) is 0 Å². The zero-order valence-electron chi connectivity index (χ0n) is 14.3. The molecule has 2 aromatic rings. The Labute approximate surface area is 141 Å². The molecule has 8 nitrogen and oxygen atoms in total. The molecule has 0 saturated carbocycles. The van der Waals surface area contributed by atoms with Crippen LogP contribution in [-0.4, -0.2) is 43.7 Å². The van der Waals surface area contributed by atoms with Gasteiger partial charge in [-0.05, 0) is 39.7 Å². The number of amides is 1. The van der Waals surface area contributed by atoms with Gasteiger partial charge in [-0.1, -0.05) is 11.6 Å². The summed E-state index contributed by atoms with van der Waals surface area (Å²) in [6.07, 6.45) is 6.49. The highest BCUT2D eigenvalue weighted by molar-refractivity contribution is 5.91. The van der Waals surface area contributed by atoms with Crippen molar-refractivity contribution in [2.75, 3.05) is 6.54 Å². The number of hydrogen-bond acceptors (Lipinski definition) is 5. The molecule has 130 valence electrons. The number of H-pyrrole nitrogens is 1. The Morgan fingerprint density at radius 1 is 1.42 bits per heavy atom. The molecule has 1 saturated heterocycles. The molecule has 0 aliphatic carbocycles.